The van der Waals surface area contributed by atoms with E-state index in [1.54, 1.807) is 0 Å². The molecule has 0 saturated carbocycles. The molecule has 6 heteroatoms. The number of guanidine groups is 1. The van der Waals surface area contributed by atoms with Gasteiger partial charge in [-0.1, -0.05) is 25.1 Å². The molecule has 0 aromatic heterocycles. The summed E-state index contributed by atoms with van der Waals surface area (Å²) in [5, 5.41) is 3.35. The van der Waals surface area contributed by atoms with Crippen LogP contribution in [-0.2, 0) is 9.53 Å². The quantitative estimate of drug-likeness (QED) is 0.349. The highest BCUT2D eigenvalue weighted by atomic mass is 32.2. The Labute approximate surface area is 155 Å². The number of nitrogens with zero attached hydrogens (tertiary/aromatic N) is 2. The van der Waals surface area contributed by atoms with Crippen LogP contribution in [0.3, 0.4) is 0 Å². The van der Waals surface area contributed by atoms with Crippen LogP contribution in [0.25, 0.3) is 0 Å². The summed E-state index contributed by atoms with van der Waals surface area (Å²) >= 11 is 1.92. The summed E-state index contributed by atoms with van der Waals surface area (Å²) < 4.78 is 4.78. The summed E-state index contributed by atoms with van der Waals surface area (Å²) in [5.41, 5.74) is 0. The second-order valence-corrected chi connectivity index (χ2v) is 7.44. The fourth-order valence-corrected chi connectivity index (χ4v) is 3.87. The molecule has 2 atom stereocenters. The Bertz CT molecular complexity index is 565. The Morgan fingerprint density at radius 3 is 2.88 bits per heavy atom. The van der Waals surface area contributed by atoms with Gasteiger partial charge in [0.05, 0.1) is 19.6 Å². The van der Waals surface area contributed by atoms with Crippen molar-refractivity contribution in [3.8, 4) is 0 Å². The van der Waals surface area contributed by atoms with E-state index in [-0.39, 0.29) is 11.9 Å². The first kappa shape index (κ1) is 19.6. The van der Waals surface area contributed by atoms with Crippen LogP contribution in [-0.4, -0.2) is 55.9 Å². The smallest absolute Gasteiger partial charge is 0.310 e. The molecule has 0 aliphatic carbocycles. The Morgan fingerprint density at radius 2 is 2.20 bits per heavy atom. The normalized spacial score (nSPS) is 18.9. The van der Waals surface area contributed by atoms with E-state index in [0.717, 1.165) is 31.3 Å². The fraction of sp³-hybridized carbons (Fsp3) is 0.579. The molecule has 2 rings (SSSR count). The Hall–Kier alpha value is -1.69. The molecule has 1 heterocycles. The molecule has 1 aliphatic heterocycles. The van der Waals surface area contributed by atoms with Gasteiger partial charge in [0.15, 0.2) is 5.96 Å². The second-order valence-electron chi connectivity index (χ2n) is 6.34. The van der Waals surface area contributed by atoms with Crippen molar-refractivity contribution < 1.29 is 9.53 Å². The molecule has 1 N–H and O–H groups in total. The van der Waals surface area contributed by atoms with E-state index >= 15 is 0 Å². The Kier molecular flexibility index (Phi) is 8.12. The lowest BCUT2D eigenvalue weighted by Crippen LogP contribution is -2.40. The molecule has 1 aliphatic rings. The minimum absolute atomic E-state index is 0.210. The van der Waals surface area contributed by atoms with Crippen molar-refractivity contribution >= 4 is 23.7 Å². The van der Waals surface area contributed by atoms with E-state index in [1.165, 1.54) is 18.4 Å². The van der Waals surface area contributed by atoms with Crippen molar-refractivity contribution in [2.45, 2.75) is 25.2 Å². The monoisotopic (exact) mass is 363 g/mol. The van der Waals surface area contributed by atoms with Crippen molar-refractivity contribution in [3.63, 3.8) is 0 Å². The Balaban J connectivity index is 1.86. The first-order valence-electron chi connectivity index (χ1n) is 8.93. The molecule has 0 spiro atoms. The molecule has 0 amide bonds. The predicted octanol–water partition coefficient (Wildman–Crippen LogP) is 2.88. The molecule has 1 saturated heterocycles. The van der Waals surface area contributed by atoms with Crippen molar-refractivity contribution in [3.05, 3.63) is 30.3 Å². The number of esters is 1. The van der Waals surface area contributed by atoms with Crippen LogP contribution in [0.15, 0.2) is 40.2 Å². The standard InChI is InChI=1S/C19H29N3O2S/c1-4-20-19(21-12-15(2)18(23)24-3)22-11-10-16(13-22)14-25-17-8-6-5-7-9-17/h5-9,15-16H,4,10-14H2,1-3H3,(H,20,21). The molecule has 138 valence electrons. The topological polar surface area (TPSA) is 53.9 Å². The van der Waals surface area contributed by atoms with E-state index in [0.29, 0.717) is 12.5 Å². The number of aliphatic imine (C=N–C) groups is 1. The first-order chi connectivity index (χ1) is 12.1. The maximum atomic E-state index is 11.5. The molecule has 1 aromatic rings. The molecule has 1 fully saturated rings. The zero-order valence-electron chi connectivity index (χ0n) is 15.4. The molecule has 0 radical (unpaired) electrons. The summed E-state index contributed by atoms with van der Waals surface area (Å²) in [6.45, 7) is 7.22. The predicted molar refractivity (Wildman–Crippen MR) is 104 cm³/mol. The van der Waals surface area contributed by atoms with E-state index in [2.05, 4.69) is 52.5 Å². The highest BCUT2D eigenvalue weighted by Crippen LogP contribution is 2.25. The zero-order chi connectivity index (χ0) is 18.1. The number of hydrogen-bond donors (Lipinski definition) is 1. The number of nitrogens with one attached hydrogen (secondary N) is 1. The average molecular weight is 364 g/mol. The molecular formula is C19H29N3O2S. The van der Waals surface area contributed by atoms with Crippen molar-refractivity contribution in [2.24, 2.45) is 16.8 Å². The molecule has 1 aromatic carbocycles. The third-order valence-corrected chi connectivity index (χ3v) is 5.51. The highest BCUT2D eigenvalue weighted by molar-refractivity contribution is 7.99. The second kappa shape index (κ2) is 10.3. The number of likely N-dealkylation sites (tertiary alicyclic amines) is 1. The number of thioether (sulfide) groups is 1. The van der Waals surface area contributed by atoms with Gasteiger partial charge < -0.3 is 15.0 Å². The summed E-state index contributed by atoms with van der Waals surface area (Å²) in [6, 6.07) is 10.5. The van der Waals surface area contributed by atoms with Crippen LogP contribution in [0.1, 0.15) is 20.3 Å². The number of carbonyl (C=O) groups excluding carboxylic acids is 1. The summed E-state index contributed by atoms with van der Waals surface area (Å²) in [6.07, 6.45) is 1.18. The van der Waals surface area contributed by atoms with Gasteiger partial charge in [0.1, 0.15) is 0 Å². The van der Waals surface area contributed by atoms with Crippen molar-refractivity contribution in [1.82, 2.24) is 10.2 Å². The van der Waals surface area contributed by atoms with Crippen molar-refractivity contribution in [1.29, 1.82) is 0 Å². The SMILES string of the molecule is CCNC(=NCC(C)C(=O)OC)N1CCC(CSc2ccccc2)C1. The molecule has 5 nitrogen and oxygen atoms in total. The van der Waals surface area contributed by atoms with Gasteiger partial charge in [0, 0.05) is 30.3 Å². The average Bonchev–Trinajstić information content (AvgIpc) is 3.12. The molecule has 25 heavy (non-hydrogen) atoms. The van der Waals surface area contributed by atoms with Crippen LogP contribution < -0.4 is 5.32 Å². The summed E-state index contributed by atoms with van der Waals surface area (Å²) in [5.74, 6) is 2.26. The van der Waals surface area contributed by atoms with Gasteiger partial charge in [-0.25, -0.2) is 0 Å². The first-order valence-corrected chi connectivity index (χ1v) is 9.91. The lowest BCUT2D eigenvalue weighted by molar-refractivity contribution is -0.144. The lowest BCUT2D eigenvalue weighted by Gasteiger charge is -2.22. The lowest BCUT2D eigenvalue weighted by atomic mass is 10.2. The van der Waals surface area contributed by atoms with Gasteiger partial charge in [-0.2, -0.15) is 0 Å². The van der Waals surface area contributed by atoms with Gasteiger partial charge in [-0.15, -0.1) is 11.8 Å². The van der Waals surface area contributed by atoms with Crippen LogP contribution >= 0.6 is 11.8 Å². The van der Waals surface area contributed by atoms with Crippen molar-refractivity contribution in [2.75, 3.05) is 39.0 Å². The van der Waals surface area contributed by atoms with Gasteiger partial charge in [-0.3, -0.25) is 9.79 Å². The number of carbonyl (C=O) groups is 1. The zero-order valence-corrected chi connectivity index (χ0v) is 16.2. The van der Waals surface area contributed by atoms with Crippen LogP contribution in [0.5, 0.6) is 0 Å². The van der Waals surface area contributed by atoms with E-state index in [1.807, 2.05) is 18.7 Å². The van der Waals surface area contributed by atoms with Gasteiger partial charge in [0.2, 0.25) is 0 Å². The van der Waals surface area contributed by atoms with Crippen LogP contribution in [0, 0.1) is 11.8 Å². The number of hydrogen-bond acceptors (Lipinski definition) is 4. The third kappa shape index (κ3) is 6.27. The Morgan fingerprint density at radius 1 is 1.44 bits per heavy atom. The molecule has 0 bridgehead atoms. The van der Waals surface area contributed by atoms with Crippen LogP contribution in [0.4, 0.5) is 0 Å². The number of rotatable bonds is 7. The minimum atomic E-state index is -0.217. The fourth-order valence-electron chi connectivity index (χ4n) is 2.82. The largest absolute Gasteiger partial charge is 0.469 e. The minimum Gasteiger partial charge on any atom is -0.469 e. The summed E-state index contributed by atoms with van der Waals surface area (Å²) in [7, 11) is 1.42. The van der Waals surface area contributed by atoms with E-state index < -0.39 is 0 Å². The van der Waals surface area contributed by atoms with E-state index in [9.17, 15) is 4.79 Å². The van der Waals surface area contributed by atoms with Gasteiger partial charge in [0.25, 0.3) is 0 Å². The van der Waals surface area contributed by atoms with Gasteiger partial charge >= 0.3 is 5.97 Å². The summed E-state index contributed by atoms with van der Waals surface area (Å²) in [4.78, 5) is 19.8. The van der Waals surface area contributed by atoms with Gasteiger partial charge in [-0.05, 0) is 31.4 Å². The number of ether oxygens (including phenoxy) is 1. The maximum absolute atomic E-state index is 11.5. The highest BCUT2D eigenvalue weighted by Gasteiger charge is 2.25. The van der Waals surface area contributed by atoms with Crippen LogP contribution in [0.2, 0.25) is 0 Å². The van der Waals surface area contributed by atoms with E-state index in [4.69, 9.17) is 4.74 Å². The molecular weight excluding hydrogens is 334 g/mol. The number of benzene rings is 1. The third-order valence-electron chi connectivity index (χ3n) is 4.27. The molecule has 2 unspecified atom stereocenters. The maximum Gasteiger partial charge on any atom is 0.310 e. The number of methoxy groups -OCH3 is 1.